The van der Waals surface area contributed by atoms with Crippen LogP contribution in [0, 0.1) is 6.92 Å². The molecule has 7 nitrogen and oxygen atoms in total. The van der Waals surface area contributed by atoms with Crippen molar-refractivity contribution in [3.05, 3.63) is 81.9 Å². The van der Waals surface area contributed by atoms with Gasteiger partial charge in [-0.1, -0.05) is 23.7 Å². The number of esters is 1. The quantitative estimate of drug-likeness (QED) is 0.181. The lowest BCUT2D eigenvalue weighted by Gasteiger charge is -2.27. The lowest BCUT2D eigenvalue weighted by Crippen LogP contribution is -2.37. The molecule has 44 heavy (non-hydrogen) atoms. The van der Waals surface area contributed by atoms with Crippen molar-refractivity contribution in [2.45, 2.75) is 64.8 Å². The van der Waals surface area contributed by atoms with E-state index in [0.717, 1.165) is 12.1 Å². The molecule has 0 bridgehead atoms. The van der Waals surface area contributed by atoms with Gasteiger partial charge in [0.05, 0.1) is 19.3 Å². The summed E-state index contributed by atoms with van der Waals surface area (Å²) < 4.78 is 57.7. The summed E-state index contributed by atoms with van der Waals surface area (Å²) in [4.78, 5) is 27.6. The van der Waals surface area contributed by atoms with E-state index in [9.17, 15) is 22.8 Å². The van der Waals surface area contributed by atoms with Crippen molar-refractivity contribution in [1.82, 2.24) is 0 Å². The third-order valence-corrected chi connectivity index (χ3v) is 7.26. The lowest BCUT2D eigenvalue weighted by molar-refractivity contribution is -0.155. The predicted molar refractivity (Wildman–Crippen MR) is 164 cm³/mol. The summed E-state index contributed by atoms with van der Waals surface area (Å²) in [5.74, 6) is 0.151. The number of rotatable bonds is 10. The molecule has 1 heterocycles. The number of carbonyl (C=O) groups is 2. The Morgan fingerprint density at radius 2 is 1.70 bits per heavy atom. The monoisotopic (exact) mass is 632 g/mol. The Kier molecular flexibility index (Phi) is 10.0. The van der Waals surface area contributed by atoms with Crippen LogP contribution in [0.15, 0.2) is 54.6 Å². The molecule has 1 unspecified atom stereocenters. The van der Waals surface area contributed by atoms with Crippen molar-refractivity contribution in [3.63, 3.8) is 0 Å². The summed E-state index contributed by atoms with van der Waals surface area (Å²) in [6, 6.07) is 12.9. The number of amides is 1. The molecule has 1 amide bonds. The Labute approximate surface area is 260 Å². The average Bonchev–Trinajstić information content (AvgIpc) is 3.37. The van der Waals surface area contributed by atoms with Crippen LogP contribution in [0.4, 0.5) is 24.5 Å². The van der Waals surface area contributed by atoms with Gasteiger partial charge in [0, 0.05) is 47.6 Å². The molecule has 0 saturated heterocycles. The Morgan fingerprint density at radius 1 is 1.02 bits per heavy atom. The zero-order valence-electron chi connectivity index (χ0n) is 25.3. The second-order valence-corrected chi connectivity index (χ2v) is 12.0. The van der Waals surface area contributed by atoms with Gasteiger partial charge in [0.1, 0.15) is 23.1 Å². The summed E-state index contributed by atoms with van der Waals surface area (Å²) >= 11 is 6.12. The molecule has 3 aromatic carbocycles. The van der Waals surface area contributed by atoms with Gasteiger partial charge in [0.25, 0.3) is 5.91 Å². The third kappa shape index (κ3) is 8.37. The molecule has 0 aromatic heterocycles. The zero-order valence-corrected chi connectivity index (χ0v) is 26.1. The van der Waals surface area contributed by atoms with Crippen LogP contribution in [0.1, 0.15) is 61.9 Å². The molecule has 0 saturated carbocycles. The number of nitrogens with one attached hydrogen (secondary N) is 1. The molecule has 0 fully saturated rings. The molecule has 3 aromatic rings. The Morgan fingerprint density at radius 3 is 2.34 bits per heavy atom. The smallest absolute Gasteiger partial charge is 0.416 e. The Hall–Kier alpha value is -3.92. The number of methoxy groups -OCH3 is 1. The van der Waals surface area contributed by atoms with Crippen molar-refractivity contribution in [2.75, 3.05) is 30.5 Å². The van der Waals surface area contributed by atoms with E-state index in [1.165, 1.54) is 12.0 Å². The van der Waals surface area contributed by atoms with Gasteiger partial charge in [0.2, 0.25) is 0 Å². The van der Waals surface area contributed by atoms with Gasteiger partial charge in [-0.2, -0.15) is 13.2 Å². The predicted octanol–water partition coefficient (Wildman–Crippen LogP) is 7.92. The molecule has 1 aliphatic heterocycles. The first kappa shape index (κ1) is 33.0. The van der Waals surface area contributed by atoms with Crippen molar-refractivity contribution in [2.24, 2.45) is 0 Å². The molecule has 0 radical (unpaired) electrons. The Bertz CT molecular complexity index is 1500. The summed E-state index contributed by atoms with van der Waals surface area (Å²) in [5, 5.41) is 3.71. The number of benzene rings is 3. The highest BCUT2D eigenvalue weighted by Crippen LogP contribution is 2.40. The number of hydrogen-bond donors (Lipinski definition) is 1. The number of anilines is 2. The van der Waals surface area contributed by atoms with Crippen molar-refractivity contribution < 1.29 is 37.0 Å². The van der Waals surface area contributed by atoms with E-state index < -0.39 is 29.3 Å². The first-order valence-electron chi connectivity index (χ1n) is 14.2. The third-order valence-electron chi connectivity index (χ3n) is 7.01. The minimum atomic E-state index is -4.55. The van der Waals surface area contributed by atoms with Crippen LogP contribution in [0.25, 0.3) is 0 Å². The molecule has 236 valence electrons. The van der Waals surface area contributed by atoms with E-state index in [1.807, 2.05) is 0 Å². The van der Waals surface area contributed by atoms with E-state index in [2.05, 4.69) is 5.32 Å². The molecule has 0 spiro atoms. The summed E-state index contributed by atoms with van der Waals surface area (Å²) in [6.07, 6.45) is -3.49. The summed E-state index contributed by atoms with van der Waals surface area (Å²) in [7, 11) is 1.49. The second kappa shape index (κ2) is 13.4. The minimum absolute atomic E-state index is 0.187. The summed E-state index contributed by atoms with van der Waals surface area (Å²) in [5.41, 5.74) is 1.14. The van der Waals surface area contributed by atoms with Crippen molar-refractivity contribution in [1.29, 1.82) is 0 Å². The second-order valence-electron chi connectivity index (χ2n) is 11.6. The van der Waals surface area contributed by atoms with Crippen LogP contribution in [-0.2, 0) is 26.9 Å². The van der Waals surface area contributed by atoms with Crippen LogP contribution in [0.2, 0.25) is 5.02 Å². The van der Waals surface area contributed by atoms with E-state index in [4.69, 9.17) is 25.8 Å². The van der Waals surface area contributed by atoms with Gasteiger partial charge in [-0.25, -0.2) is 0 Å². The van der Waals surface area contributed by atoms with Crippen molar-refractivity contribution >= 4 is 34.9 Å². The maximum absolute atomic E-state index is 14.1. The van der Waals surface area contributed by atoms with Crippen LogP contribution in [-0.4, -0.2) is 37.7 Å². The van der Waals surface area contributed by atoms with Crippen LogP contribution >= 0.6 is 11.6 Å². The first-order chi connectivity index (χ1) is 20.6. The van der Waals surface area contributed by atoms with Crippen LogP contribution < -0.4 is 19.7 Å². The number of halogens is 4. The highest BCUT2D eigenvalue weighted by molar-refractivity contribution is 6.30. The normalized spacial score (nSPS) is 13.7. The molecular weight excluding hydrogens is 597 g/mol. The molecule has 1 N–H and O–H groups in total. The first-order valence-corrected chi connectivity index (χ1v) is 14.6. The van der Waals surface area contributed by atoms with Crippen molar-refractivity contribution in [3.8, 4) is 11.5 Å². The largest absolute Gasteiger partial charge is 0.497 e. The fourth-order valence-electron chi connectivity index (χ4n) is 5.02. The SMILES string of the molecule is COc1cc(NC(C(=O)N2CCc3c(C)cc(C(F)(F)F)cc32)c2ccc(Cl)cc2)cc(OCCCC(=O)OC(C)(C)C)c1. The van der Waals surface area contributed by atoms with Gasteiger partial charge in [-0.15, -0.1) is 0 Å². The van der Waals surface area contributed by atoms with Crippen LogP contribution in [0.3, 0.4) is 0 Å². The van der Waals surface area contributed by atoms with Gasteiger partial charge in [-0.05, 0) is 81.5 Å². The fraction of sp³-hybridized carbons (Fsp3) is 0.394. The number of carbonyl (C=O) groups excluding carboxylic acids is 2. The zero-order chi connectivity index (χ0) is 32.2. The van der Waals surface area contributed by atoms with Gasteiger partial charge >= 0.3 is 12.1 Å². The number of fused-ring (bicyclic) bond motifs is 1. The highest BCUT2D eigenvalue weighted by atomic mass is 35.5. The summed E-state index contributed by atoms with van der Waals surface area (Å²) in [6.45, 7) is 7.51. The Balaban J connectivity index is 1.59. The number of alkyl halides is 3. The lowest BCUT2D eigenvalue weighted by atomic mass is 10.0. The topological polar surface area (TPSA) is 77.1 Å². The van der Waals surface area contributed by atoms with Gasteiger partial charge < -0.3 is 24.4 Å². The minimum Gasteiger partial charge on any atom is -0.497 e. The molecule has 0 aliphatic carbocycles. The molecule has 4 rings (SSSR count). The van der Waals surface area contributed by atoms with E-state index >= 15 is 0 Å². The van der Waals surface area contributed by atoms with E-state index in [-0.39, 0.29) is 31.2 Å². The number of ether oxygens (including phenoxy) is 3. The average molecular weight is 633 g/mol. The maximum atomic E-state index is 14.1. The molecule has 1 atom stereocenters. The number of aryl methyl sites for hydroxylation is 1. The highest BCUT2D eigenvalue weighted by Gasteiger charge is 2.37. The van der Waals surface area contributed by atoms with E-state index in [1.54, 1.807) is 70.2 Å². The fourth-order valence-corrected chi connectivity index (χ4v) is 5.15. The number of nitrogens with zero attached hydrogens (tertiary/aromatic N) is 1. The maximum Gasteiger partial charge on any atom is 0.416 e. The molecule has 1 aliphatic rings. The van der Waals surface area contributed by atoms with Crippen LogP contribution in [0.5, 0.6) is 11.5 Å². The standard InChI is InChI=1S/C33H36ClF3N2O5/c1-20-15-22(33(35,36)37)16-28-27(20)12-13-39(28)31(41)30(21-8-10-23(34)11-9-21)38-24-17-25(42-5)19-26(18-24)43-14-6-7-29(40)44-32(2,3)4/h8-11,15-19,30,38H,6-7,12-14H2,1-5H3. The molecule has 11 heteroatoms. The molecular formula is C33H36ClF3N2O5. The van der Waals surface area contributed by atoms with Gasteiger partial charge in [0.15, 0.2) is 0 Å². The number of hydrogen-bond acceptors (Lipinski definition) is 6. The van der Waals surface area contributed by atoms with E-state index in [0.29, 0.717) is 51.7 Å². The van der Waals surface area contributed by atoms with Gasteiger partial charge in [-0.3, -0.25) is 9.59 Å².